The average Bonchev–Trinajstić information content (AvgIpc) is 3.07. The number of carbonyl (C=O) groups is 2. The molecule has 1 rings (SSSR count). The van der Waals surface area contributed by atoms with Crippen LogP contribution in [0.1, 0.15) is 33.1 Å². The zero-order chi connectivity index (χ0) is 12.2. The first-order chi connectivity index (χ1) is 7.47. The van der Waals surface area contributed by atoms with Gasteiger partial charge in [-0.2, -0.15) is 0 Å². The molecular formula is C11H21N3O2. The zero-order valence-corrected chi connectivity index (χ0v) is 10.0. The average molecular weight is 227 g/mol. The Kier molecular flexibility index (Phi) is 4.29. The number of carbonyl (C=O) groups excluding carboxylic acids is 2. The van der Waals surface area contributed by atoms with Crippen molar-refractivity contribution in [1.29, 1.82) is 0 Å². The molecule has 0 saturated heterocycles. The van der Waals surface area contributed by atoms with Crippen molar-refractivity contribution in [3.05, 3.63) is 0 Å². The van der Waals surface area contributed by atoms with Gasteiger partial charge in [-0.1, -0.05) is 6.92 Å². The maximum absolute atomic E-state index is 11.5. The second kappa shape index (κ2) is 5.30. The molecule has 1 unspecified atom stereocenters. The third kappa shape index (κ3) is 3.81. The van der Waals surface area contributed by atoms with E-state index in [0.717, 1.165) is 12.8 Å². The third-order valence-corrected chi connectivity index (χ3v) is 2.91. The van der Waals surface area contributed by atoms with Crippen LogP contribution >= 0.6 is 0 Å². The molecule has 5 heteroatoms. The summed E-state index contributed by atoms with van der Waals surface area (Å²) in [4.78, 5) is 22.8. The first-order valence-electron chi connectivity index (χ1n) is 5.82. The second-order valence-corrected chi connectivity index (χ2v) is 4.59. The molecule has 5 nitrogen and oxygen atoms in total. The van der Waals surface area contributed by atoms with E-state index in [1.807, 2.05) is 6.92 Å². The summed E-state index contributed by atoms with van der Waals surface area (Å²) in [5.74, 6) is 0.141. The lowest BCUT2D eigenvalue weighted by atomic mass is 10.00. The maximum atomic E-state index is 11.5. The van der Waals surface area contributed by atoms with Gasteiger partial charge in [0, 0.05) is 19.0 Å². The quantitative estimate of drug-likeness (QED) is 0.547. The molecule has 0 aliphatic heterocycles. The minimum atomic E-state index is -0.819. The van der Waals surface area contributed by atoms with E-state index >= 15 is 0 Å². The molecule has 0 aromatic carbocycles. The Labute approximate surface area is 96.1 Å². The highest BCUT2D eigenvalue weighted by molar-refractivity contribution is 5.85. The van der Waals surface area contributed by atoms with Crippen LogP contribution in [0.3, 0.4) is 0 Å². The molecule has 0 radical (unpaired) electrons. The molecule has 4 N–H and O–H groups in total. The molecule has 0 bridgehead atoms. The molecule has 0 heterocycles. The van der Waals surface area contributed by atoms with Crippen LogP contribution in [0.25, 0.3) is 0 Å². The minimum Gasteiger partial charge on any atom is -0.354 e. The highest BCUT2D eigenvalue weighted by Crippen LogP contribution is 2.28. The number of nitrogens with two attached hydrogens (primary N) is 1. The van der Waals surface area contributed by atoms with Crippen LogP contribution in [-0.2, 0) is 9.59 Å². The Morgan fingerprint density at radius 2 is 1.88 bits per heavy atom. The first kappa shape index (κ1) is 13.0. The molecule has 0 spiro atoms. The number of amides is 2. The van der Waals surface area contributed by atoms with Crippen LogP contribution in [-0.4, -0.2) is 30.4 Å². The van der Waals surface area contributed by atoms with Crippen molar-refractivity contribution in [2.45, 2.75) is 38.6 Å². The molecule has 16 heavy (non-hydrogen) atoms. The fourth-order valence-electron chi connectivity index (χ4n) is 1.21. The van der Waals surface area contributed by atoms with Crippen LogP contribution in [0, 0.1) is 5.92 Å². The number of hydrogen-bond acceptors (Lipinski definition) is 3. The summed E-state index contributed by atoms with van der Waals surface area (Å²) in [6, 6.07) is 0. The van der Waals surface area contributed by atoms with Gasteiger partial charge in [0.1, 0.15) is 0 Å². The summed E-state index contributed by atoms with van der Waals surface area (Å²) >= 11 is 0. The number of nitrogens with one attached hydrogen (secondary N) is 2. The first-order valence-corrected chi connectivity index (χ1v) is 5.82. The standard InChI is InChI=1S/C11H21N3O2/c1-3-11(2,12)10(16)14-7-6-13-9(15)8-4-5-8/h8H,3-7,12H2,1-2H3,(H,13,15)(H,14,16). The van der Waals surface area contributed by atoms with Gasteiger partial charge in [0.25, 0.3) is 0 Å². The summed E-state index contributed by atoms with van der Waals surface area (Å²) < 4.78 is 0. The number of hydrogen-bond donors (Lipinski definition) is 3. The Hall–Kier alpha value is -1.10. The monoisotopic (exact) mass is 227 g/mol. The molecule has 0 aromatic rings. The molecule has 1 aliphatic carbocycles. The molecule has 2 amide bonds. The van der Waals surface area contributed by atoms with Crippen LogP contribution in [0.15, 0.2) is 0 Å². The van der Waals surface area contributed by atoms with E-state index in [4.69, 9.17) is 5.73 Å². The lowest BCUT2D eigenvalue weighted by molar-refractivity contribution is -0.126. The normalized spacial score (nSPS) is 18.7. The molecule has 1 saturated carbocycles. The highest BCUT2D eigenvalue weighted by Gasteiger charge is 2.29. The third-order valence-electron chi connectivity index (χ3n) is 2.91. The fraction of sp³-hybridized carbons (Fsp3) is 0.818. The summed E-state index contributed by atoms with van der Waals surface area (Å²) in [7, 11) is 0. The van der Waals surface area contributed by atoms with Gasteiger partial charge in [-0.15, -0.1) is 0 Å². The van der Waals surface area contributed by atoms with Crippen molar-refractivity contribution < 1.29 is 9.59 Å². The van der Waals surface area contributed by atoms with Crippen LogP contribution in [0.2, 0.25) is 0 Å². The van der Waals surface area contributed by atoms with E-state index in [2.05, 4.69) is 10.6 Å². The van der Waals surface area contributed by atoms with E-state index in [-0.39, 0.29) is 17.7 Å². The zero-order valence-electron chi connectivity index (χ0n) is 10.0. The predicted molar refractivity (Wildman–Crippen MR) is 61.6 cm³/mol. The van der Waals surface area contributed by atoms with Gasteiger partial charge in [0.2, 0.25) is 11.8 Å². The van der Waals surface area contributed by atoms with Crippen LogP contribution in [0.5, 0.6) is 0 Å². The van der Waals surface area contributed by atoms with Crippen LogP contribution < -0.4 is 16.4 Å². The Balaban J connectivity index is 2.10. The molecule has 92 valence electrons. The minimum absolute atomic E-state index is 0.0975. The van der Waals surface area contributed by atoms with Crippen molar-refractivity contribution in [1.82, 2.24) is 10.6 Å². The van der Waals surface area contributed by atoms with E-state index < -0.39 is 5.54 Å². The van der Waals surface area contributed by atoms with Gasteiger partial charge in [-0.05, 0) is 26.2 Å². The van der Waals surface area contributed by atoms with Gasteiger partial charge in [-0.3, -0.25) is 9.59 Å². The van der Waals surface area contributed by atoms with E-state index in [1.54, 1.807) is 6.92 Å². The Morgan fingerprint density at radius 1 is 1.31 bits per heavy atom. The lowest BCUT2D eigenvalue weighted by Gasteiger charge is -2.21. The number of rotatable bonds is 6. The largest absolute Gasteiger partial charge is 0.354 e. The van der Waals surface area contributed by atoms with E-state index in [1.165, 1.54) is 0 Å². The predicted octanol–water partition coefficient (Wildman–Crippen LogP) is -0.244. The van der Waals surface area contributed by atoms with Crippen LogP contribution in [0.4, 0.5) is 0 Å². The summed E-state index contributed by atoms with van der Waals surface area (Å²) in [5, 5.41) is 5.48. The van der Waals surface area contributed by atoms with Gasteiger partial charge in [0.05, 0.1) is 5.54 Å². The maximum Gasteiger partial charge on any atom is 0.239 e. The molecular weight excluding hydrogens is 206 g/mol. The van der Waals surface area contributed by atoms with Crippen molar-refractivity contribution in [2.75, 3.05) is 13.1 Å². The lowest BCUT2D eigenvalue weighted by Crippen LogP contribution is -2.52. The summed E-state index contributed by atoms with van der Waals surface area (Å²) in [5.41, 5.74) is 4.94. The van der Waals surface area contributed by atoms with Gasteiger partial charge < -0.3 is 16.4 Å². The second-order valence-electron chi connectivity index (χ2n) is 4.59. The van der Waals surface area contributed by atoms with Crippen molar-refractivity contribution in [2.24, 2.45) is 11.7 Å². The molecule has 1 fully saturated rings. The van der Waals surface area contributed by atoms with Crippen molar-refractivity contribution in [3.63, 3.8) is 0 Å². The van der Waals surface area contributed by atoms with Crippen molar-refractivity contribution >= 4 is 11.8 Å². The highest BCUT2D eigenvalue weighted by atomic mass is 16.2. The molecule has 1 atom stereocenters. The fourth-order valence-corrected chi connectivity index (χ4v) is 1.21. The van der Waals surface area contributed by atoms with E-state index in [9.17, 15) is 9.59 Å². The smallest absolute Gasteiger partial charge is 0.239 e. The molecule has 1 aliphatic rings. The van der Waals surface area contributed by atoms with Gasteiger partial charge in [-0.25, -0.2) is 0 Å². The SMILES string of the molecule is CCC(C)(N)C(=O)NCCNC(=O)C1CC1. The van der Waals surface area contributed by atoms with Crippen molar-refractivity contribution in [3.8, 4) is 0 Å². The van der Waals surface area contributed by atoms with Gasteiger partial charge in [0.15, 0.2) is 0 Å². The summed E-state index contributed by atoms with van der Waals surface area (Å²) in [6.07, 6.45) is 2.58. The summed E-state index contributed by atoms with van der Waals surface area (Å²) in [6.45, 7) is 4.48. The molecule has 0 aromatic heterocycles. The topological polar surface area (TPSA) is 84.2 Å². The van der Waals surface area contributed by atoms with Gasteiger partial charge >= 0.3 is 0 Å². The Bertz CT molecular complexity index is 272. The van der Waals surface area contributed by atoms with E-state index in [0.29, 0.717) is 19.5 Å². The Morgan fingerprint density at radius 3 is 2.38 bits per heavy atom.